The molecule has 8 heteroatoms. The largest absolute Gasteiger partial charge is 0.474 e. The van der Waals surface area contributed by atoms with Crippen molar-refractivity contribution in [3.05, 3.63) is 42.6 Å². The van der Waals surface area contributed by atoms with Crippen LogP contribution in [-0.2, 0) is 4.79 Å². The maximum absolute atomic E-state index is 12.3. The lowest BCUT2D eigenvalue weighted by atomic mass is 10.2. The quantitative estimate of drug-likeness (QED) is 0.710. The lowest BCUT2D eigenvalue weighted by Crippen LogP contribution is -2.37. The van der Waals surface area contributed by atoms with Crippen molar-refractivity contribution in [2.75, 3.05) is 35.7 Å². The molecule has 2 heterocycles. The van der Waals surface area contributed by atoms with Crippen molar-refractivity contribution in [3.63, 3.8) is 0 Å². The van der Waals surface area contributed by atoms with E-state index in [1.807, 2.05) is 36.2 Å². The Morgan fingerprint density at radius 1 is 1.03 bits per heavy atom. The Morgan fingerprint density at radius 3 is 2.38 bits per heavy atom. The van der Waals surface area contributed by atoms with Gasteiger partial charge in [0.2, 0.25) is 11.8 Å². The van der Waals surface area contributed by atoms with E-state index in [0.717, 1.165) is 38.0 Å². The first-order valence-electron chi connectivity index (χ1n) is 11.3. The van der Waals surface area contributed by atoms with Crippen LogP contribution in [0.5, 0.6) is 5.88 Å². The highest BCUT2D eigenvalue weighted by Crippen LogP contribution is 2.25. The number of amides is 3. The number of nitrogens with one attached hydrogen (secondary N) is 2. The summed E-state index contributed by atoms with van der Waals surface area (Å²) in [6.07, 6.45) is 7.40. The maximum Gasteiger partial charge on any atom is 0.323 e. The third kappa shape index (κ3) is 5.49. The Bertz CT molecular complexity index is 926. The van der Waals surface area contributed by atoms with Crippen molar-refractivity contribution in [3.8, 4) is 5.88 Å². The number of hydrogen-bond donors (Lipinski definition) is 2. The Hall–Kier alpha value is -3.29. The van der Waals surface area contributed by atoms with Crippen molar-refractivity contribution < 1.29 is 14.3 Å². The molecule has 1 atom stereocenters. The molecule has 3 amide bonds. The molecule has 1 saturated heterocycles. The molecule has 4 rings (SSSR count). The van der Waals surface area contributed by atoms with Crippen molar-refractivity contribution in [2.24, 2.45) is 0 Å². The Kier molecular flexibility index (Phi) is 6.78. The molecular weight excluding hydrogens is 406 g/mol. The predicted octanol–water partition coefficient (Wildman–Crippen LogP) is 4.10. The number of benzene rings is 1. The van der Waals surface area contributed by atoms with Gasteiger partial charge in [-0.3, -0.25) is 4.79 Å². The molecule has 1 unspecified atom stereocenters. The van der Waals surface area contributed by atoms with Crippen molar-refractivity contribution in [1.82, 2.24) is 9.88 Å². The van der Waals surface area contributed by atoms with Crippen LogP contribution in [0.1, 0.15) is 39.0 Å². The summed E-state index contributed by atoms with van der Waals surface area (Å²) in [6.45, 7) is 3.32. The van der Waals surface area contributed by atoms with E-state index < -0.39 is 0 Å². The summed E-state index contributed by atoms with van der Waals surface area (Å²) in [5, 5.41) is 5.64. The molecule has 1 saturated carbocycles. The molecule has 1 aliphatic heterocycles. The second-order valence-electron chi connectivity index (χ2n) is 8.55. The summed E-state index contributed by atoms with van der Waals surface area (Å²) in [7, 11) is 1.86. The molecule has 0 spiro atoms. The van der Waals surface area contributed by atoms with Crippen LogP contribution in [0.3, 0.4) is 0 Å². The average molecular weight is 438 g/mol. The number of rotatable bonds is 6. The van der Waals surface area contributed by atoms with Gasteiger partial charge in [-0.05, 0) is 62.4 Å². The molecule has 1 aliphatic carbocycles. The highest BCUT2D eigenvalue weighted by atomic mass is 16.5. The molecule has 32 heavy (non-hydrogen) atoms. The van der Waals surface area contributed by atoms with Gasteiger partial charge < -0.3 is 25.2 Å². The molecule has 8 nitrogen and oxygen atoms in total. The minimum atomic E-state index is -0.326. The molecule has 2 fully saturated rings. The number of aromatic nitrogens is 1. The smallest absolute Gasteiger partial charge is 0.323 e. The van der Waals surface area contributed by atoms with E-state index in [1.54, 1.807) is 25.3 Å². The van der Waals surface area contributed by atoms with Gasteiger partial charge in [-0.25, -0.2) is 9.78 Å². The molecule has 170 valence electrons. The van der Waals surface area contributed by atoms with Gasteiger partial charge in [0.1, 0.15) is 6.10 Å². The van der Waals surface area contributed by atoms with E-state index in [2.05, 4.69) is 20.5 Å². The lowest BCUT2D eigenvalue weighted by molar-refractivity contribution is -0.129. The number of urea groups is 1. The summed E-state index contributed by atoms with van der Waals surface area (Å²) < 4.78 is 5.85. The number of nitrogens with zero attached hydrogens (tertiary/aromatic N) is 3. The number of hydrogen-bond acceptors (Lipinski definition) is 5. The average Bonchev–Trinajstić information content (AvgIpc) is 3.47. The van der Waals surface area contributed by atoms with Gasteiger partial charge in [0, 0.05) is 44.5 Å². The van der Waals surface area contributed by atoms with Gasteiger partial charge in [0.05, 0.1) is 17.9 Å². The van der Waals surface area contributed by atoms with Gasteiger partial charge in [-0.15, -0.1) is 0 Å². The molecule has 2 N–H and O–H groups in total. The highest BCUT2D eigenvalue weighted by molar-refractivity contribution is 5.99. The van der Waals surface area contributed by atoms with Crippen LogP contribution in [0.4, 0.5) is 21.9 Å². The van der Waals surface area contributed by atoms with E-state index in [1.165, 1.54) is 12.8 Å². The third-order valence-corrected chi connectivity index (χ3v) is 6.28. The number of likely N-dealkylation sites (N-methyl/N-ethyl adjacent to an activating group) is 1. The van der Waals surface area contributed by atoms with Crippen molar-refractivity contribution in [2.45, 2.75) is 51.2 Å². The topological polar surface area (TPSA) is 86.8 Å². The zero-order valence-corrected chi connectivity index (χ0v) is 18.7. The van der Waals surface area contributed by atoms with E-state index in [9.17, 15) is 9.59 Å². The predicted molar refractivity (Wildman–Crippen MR) is 125 cm³/mol. The first-order chi connectivity index (χ1) is 15.5. The maximum atomic E-state index is 12.3. The molecule has 2 aliphatic rings. The number of carbonyl (C=O) groups excluding carboxylic acids is 2. The fourth-order valence-electron chi connectivity index (χ4n) is 4.30. The minimum Gasteiger partial charge on any atom is -0.474 e. The van der Waals surface area contributed by atoms with Gasteiger partial charge in [-0.2, -0.15) is 0 Å². The van der Waals surface area contributed by atoms with Crippen LogP contribution >= 0.6 is 0 Å². The van der Waals surface area contributed by atoms with E-state index in [-0.39, 0.29) is 24.1 Å². The van der Waals surface area contributed by atoms with Crippen molar-refractivity contribution in [1.29, 1.82) is 0 Å². The monoisotopic (exact) mass is 437 g/mol. The Labute approximate surface area is 188 Å². The molecular formula is C24H31N5O3. The number of ether oxygens (including phenoxy) is 1. The van der Waals surface area contributed by atoms with Gasteiger partial charge in [0.25, 0.3) is 0 Å². The Morgan fingerprint density at radius 2 is 1.72 bits per heavy atom. The van der Waals surface area contributed by atoms with Crippen LogP contribution in [-0.4, -0.2) is 54.1 Å². The van der Waals surface area contributed by atoms with Crippen LogP contribution < -0.4 is 20.3 Å². The molecule has 1 aromatic heterocycles. The SMILES string of the molecule is CC(=O)N(C)C1CCN(c2ccc(NC(=O)Nc3ccc(OC4CCCC4)nc3)cc2)C1. The Balaban J connectivity index is 1.26. The second-order valence-corrected chi connectivity index (χ2v) is 8.55. The van der Waals surface area contributed by atoms with E-state index in [0.29, 0.717) is 17.3 Å². The standard InChI is InChI=1S/C24H31N5O3/c1-17(30)28(2)21-13-14-29(16-21)20-10-7-18(8-11-20)26-24(31)27-19-9-12-23(25-15-19)32-22-5-3-4-6-22/h7-12,15,21-22H,3-6,13-14,16H2,1-2H3,(H2,26,27,31). The van der Waals surface area contributed by atoms with Gasteiger partial charge >= 0.3 is 6.03 Å². The number of anilines is 3. The zero-order valence-electron chi connectivity index (χ0n) is 18.7. The molecule has 0 bridgehead atoms. The fourth-order valence-corrected chi connectivity index (χ4v) is 4.30. The molecule has 2 aromatic rings. The van der Waals surface area contributed by atoms with Crippen LogP contribution in [0.2, 0.25) is 0 Å². The van der Waals surface area contributed by atoms with Gasteiger partial charge in [-0.1, -0.05) is 0 Å². The minimum absolute atomic E-state index is 0.0913. The fraction of sp³-hybridized carbons (Fsp3) is 0.458. The number of carbonyl (C=O) groups is 2. The first-order valence-corrected chi connectivity index (χ1v) is 11.3. The summed E-state index contributed by atoms with van der Waals surface area (Å²) in [5.41, 5.74) is 2.39. The van der Waals surface area contributed by atoms with Crippen LogP contribution in [0.15, 0.2) is 42.6 Å². The molecule has 1 aromatic carbocycles. The number of pyridine rings is 1. The van der Waals surface area contributed by atoms with E-state index in [4.69, 9.17) is 4.74 Å². The highest BCUT2D eigenvalue weighted by Gasteiger charge is 2.27. The summed E-state index contributed by atoms with van der Waals surface area (Å²) >= 11 is 0. The normalized spacial score (nSPS) is 18.4. The first kappa shape index (κ1) is 21.9. The second kappa shape index (κ2) is 9.89. The third-order valence-electron chi connectivity index (χ3n) is 6.28. The van der Waals surface area contributed by atoms with Crippen LogP contribution in [0.25, 0.3) is 0 Å². The lowest BCUT2D eigenvalue weighted by Gasteiger charge is -2.24. The van der Waals surface area contributed by atoms with Crippen molar-refractivity contribution >= 4 is 29.0 Å². The summed E-state index contributed by atoms with van der Waals surface area (Å²) in [5.74, 6) is 0.686. The molecule has 0 radical (unpaired) electrons. The summed E-state index contributed by atoms with van der Waals surface area (Å²) in [6, 6.07) is 11.2. The van der Waals surface area contributed by atoms with Gasteiger partial charge in [0.15, 0.2) is 0 Å². The van der Waals surface area contributed by atoms with E-state index >= 15 is 0 Å². The zero-order chi connectivity index (χ0) is 22.5. The van der Waals surface area contributed by atoms with Crippen LogP contribution in [0, 0.1) is 0 Å². The summed E-state index contributed by atoms with van der Waals surface area (Å²) in [4.78, 5) is 32.3.